The first kappa shape index (κ1) is 19.9. The van der Waals surface area contributed by atoms with Gasteiger partial charge in [0.25, 0.3) is 0 Å². The Morgan fingerprint density at radius 3 is 2.62 bits per heavy atom. The Hall–Kier alpha value is -2.43. The van der Waals surface area contributed by atoms with Gasteiger partial charge < -0.3 is 19.1 Å². The highest BCUT2D eigenvalue weighted by Crippen LogP contribution is 2.35. The van der Waals surface area contributed by atoms with Crippen LogP contribution in [0.15, 0.2) is 18.2 Å². The first-order chi connectivity index (χ1) is 13.9. The second-order valence-electron chi connectivity index (χ2n) is 7.45. The van der Waals surface area contributed by atoms with Gasteiger partial charge in [-0.3, -0.25) is 14.9 Å². The highest BCUT2D eigenvalue weighted by molar-refractivity contribution is 5.90. The third kappa shape index (κ3) is 4.00. The zero-order chi connectivity index (χ0) is 20.6. The van der Waals surface area contributed by atoms with Gasteiger partial charge in [-0.05, 0) is 18.2 Å². The lowest BCUT2D eigenvalue weighted by Gasteiger charge is -2.38. The van der Waals surface area contributed by atoms with Crippen LogP contribution in [0.3, 0.4) is 0 Å². The van der Waals surface area contributed by atoms with Crippen molar-refractivity contribution in [2.45, 2.75) is 31.7 Å². The quantitative estimate of drug-likeness (QED) is 0.598. The molecule has 29 heavy (non-hydrogen) atoms. The van der Waals surface area contributed by atoms with Crippen LogP contribution in [-0.4, -0.2) is 73.6 Å². The third-order valence-electron chi connectivity index (χ3n) is 5.54. The van der Waals surface area contributed by atoms with E-state index in [1.54, 1.807) is 12.1 Å². The van der Waals surface area contributed by atoms with Crippen molar-refractivity contribution in [3.8, 4) is 0 Å². The smallest absolute Gasteiger partial charge is 0.414 e. The van der Waals surface area contributed by atoms with Crippen molar-refractivity contribution in [2.24, 2.45) is 0 Å². The van der Waals surface area contributed by atoms with E-state index in [2.05, 4.69) is 0 Å². The fourth-order valence-corrected chi connectivity index (χ4v) is 3.94. The normalized spacial score (nSPS) is 23.6. The van der Waals surface area contributed by atoms with Crippen molar-refractivity contribution >= 4 is 23.4 Å². The van der Waals surface area contributed by atoms with E-state index in [1.165, 1.54) is 17.9 Å². The van der Waals surface area contributed by atoms with Gasteiger partial charge in [0, 0.05) is 32.9 Å². The van der Waals surface area contributed by atoms with Crippen molar-refractivity contribution in [2.75, 3.05) is 49.2 Å². The topological polar surface area (TPSA) is 91.8 Å². The Bertz CT molecular complexity index is 790. The zero-order valence-corrected chi connectivity index (χ0v) is 16.2. The van der Waals surface area contributed by atoms with E-state index in [-0.39, 0.29) is 13.1 Å². The van der Waals surface area contributed by atoms with Gasteiger partial charge in [-0.25, -0.2) is 14.2 Å². The van der Waals surface area contributed by atoms with Gasteiger partial charge in [0.15, 0.2) is 5.79 Å². The molecule has 1 atom stereocenters. The maximum atomic E-state index is 14.8. The summed E-state index contributed by atoms with van der Waals surface area (Å²) in [4.78, 5) is 26.5. The molecule has 1 aromatic rings. The number of cyclic esters (lactones) is 1. The molecular formula is C19H24FN3O6. The number of ether oxygens (including phenoxy) is 3. The van der Waals surface area contributed by atoms with Gasteiger partial charge in [0.2, 0.25) is 5.91 Å². The number of nitrogens with zero attached hydrogens (tertiary/aromatic N) is 3. The number of halogens is 1. The van der Waals surface area contributed by atoms with Crippen LogP contribution in [-0.2, 0) is 19.0 Å². The molecule has 0 saturated carbocycles. The molecular weight excluding hydrogens is 385 g/mol. The lowest BCUT2D eigenvalue weighted by molar-refractivity contribution is -0.169. The average molecular weight is 409 g/mol. The predicted octanol–water partition coefficient (Wildman–Crippen LogP) is 1.73. The van der Waals surface area contributed by atoms with Crippen LogP contribution in [0.4, 0.5) is 20.6 Å². The molecule has 9 nitrogen and oxygen atoms in total. The van der Waals surface area contributed by atoms with Crippen LogP contribution in [0.5, 0.6) is 0 Å². The Labute approximate surface area is 167 Å². The minimum atomic E-state index is -0.691. The summed E-state index contributed by atoms with van der Waals surface area (Å²) < 4.78 is 31.4. The number of piperidine rings is 1. The van der Waals surface area contributed by atoms with Crippen LogP contribution >= 0.6 is 0 Å². The summed E-state index contributed by atoms with van der Waals surface area (Å²) in [5, 5.41) is 10.0. The van der Waals surface area contributed by atoms with E-state index >= 15 is 0 Å². The summed E-state index contributed by atoms with van der Waals surface area (Å²) in [6, 6.07) is 4.61. The summed E-state index contributed by atoms with van der Waals surface area (Å²) in [5.41, 5.74) is 0.825. The molecule has 3 heterocycles. The largest absolute Gasteiger partial charge is 0.442 e. The molecule has 1 aromatic carbocycles. The van der Waals surface area contributed by atoms with Gasteiger partial charge in [0.1, 0.15) is 11.9 Å². The van der Waals surface area contributed by atoms with Gasteiger partial charge in [-0.2, -0.15) is 0 Å². The molecule has 1 N–H and O–H groups in total. The number of hydrogen-bond acceptors (Lipinski definition) is 7. The number of carbonyl (C=O) groups is 2. The fraction of sp³-hybridized carbons (Fsp3) is 0.579. The van der Waals surface area contributed by atoms with Crippen LogP contribution in [0, 0.1) is 5.82 Å². The number of hydroxylamine groups is 2. The Kier molecular flexibility index (Phi) is 5.32. The molecule has 158 valence electrons. The van der Waals surface area contributed by atoms with E-state index < -0.39 is 29.7 Å². The summed E-state index contributed by atoms with van der Waals surface area (Å²) >= 11 is 0. The molecule has 0 aliphatic carbocycles. The van der Waals surface area contributed by atoms with Crippen LogP contribution in [0.25, 0.3) is 0 Å². The van der Waals surface area contributed by atoms with Crippen LogP contribution < -0.4 is 9.80 Å². The minimum Gasteiger partial charge on any atom is -0.442 e. The lowest BCUT2D eigenvalue weighted by atomic mass is 10.0. The molecule has 0 radical (unpaired) electrons. The van der Waals surface area contributed by atoms with Gasteiger partial charge >= 0.3 is 6.09 Å². The molecule has 0 unspecified atom stereocenters. The standard InChI is InChI=1S/C19H24FN3O6/c1-13(24)23(26)12-15-11-22(18(25)29-15)14-2-3-17(16(20)10-14)21-6-4-19(5-7-21)27-8-9-28-19/h2-3,10,15,26H,4-9,11-12H2,1H3/t15-/m0/s1. The van der Waals surface area contributed by atoms with Crippen molar-refractivity contribution < 1.29 is 33.4 Å². The van der Waals surface area contributed by atoms with Gasteiger partial charge in [-0.15, -0.1) is 0 Å². The summed E-state index contributed by atoms with van der Waals surface area (Å²) in [6.07, 6.45) is 0.00273. The molecule has 3 aliphatic heterocycles. The fourth-order valence-electron chi connectivity index (χ4n) is 3.94. The minimum absolute atomic E-state index is 0.114. The Morgan fingerprint density at radius 2 is 2.00 bits per heavy atom. The number of benzene rings is 1. The summed E-state index contributed by atoms with van der Waals surface area (Å²) in [5.74, 6) is -1.51. The average Bonchev–Trinajstić information content (AvgIpc) is 3.29. The van der Waals surface area contributed by atoms with E-state index in [4.69, 9.17) is 14.2 Å². The molecule has 3 saturated heterocycles. The molecule has 1 spiro atoms. The second kappa shape index (κ2) is 7.77. The van der Waals surface area contributed by atoms with E-state index in [0.29, 0.717) is 55.6 Å². The maximum Gasteiger partial charge on any atom is 0.414 e. The molecule has 0 aromatic heterocycles. The highest BCUT2D eigenvalue weighted by Gasteiger charge is 2.40. The molecule has 3 aliphatic rings. The summed E-state index contributed by atoms with van der Waals surface area (Å²) in [7, 11) is 0. The van der Waals surface area contributed by atoms with Crippen LogP contribution in [0.1, 0.15) is 19.8 Å². The van der Waals surface area contributed by atoms with Gasteiger partial charge in [0.05, 0.1) is 37.7 Å². The van der Waals surface area contributed by atoms with Gasteiger partial charge in [-0.1, -0.05) is 0 Å². The second-order valence-corrected chi connectivity index (χ2v) is 7.45. The predicted molar refractivity (Wildman–Crippen MR) is 99.3 cm³/mol. The first-order valence-corrected chi connectivity index (χ1v) is 9.64. The van der Waals surface area contributed by atoms with Crippen molar-refractivity contribution in [3.05, 3.63) is 24.0 Å². The van der Waals surface area contributed by atoms with Crippen LogP contribution in [0.2, 0.25) is 0 Å². The molecule has 3 fully saturated rings. The number of hydrogen-bond donors (Lipinski definition) is 1. The number of amides is 2. The molecule has 10 heteroatoms. The van der Waals surface area contributed by atoms with Crippen molar-refractivity contribution in [1.29, 1.82) is 0 Å². The summed E-state index contributed by atoms with van der Waals surface area (Å²) in [6.45, 7) is 3.59. The van der Waals surface area contributed by atoms with E-state index in [0.717, 1.165) is 0 Å². The van der Waals surface area contributed by atoms with Crippen molar-refractivity contribution in [1.82, 2.24) is 5.06 Å². The number of carbonyl (C=O) groups excluding carboxylic acids is 2. The molecule has 0 bridgehead atoms. The van der Waals surface area contributed by atoms with E-state index in [1.807, 2.05) is 4.90 Å². The van der Waals surface area contributed by atoms with Crippen molar-refractivity contribution in [3.63, 3.8) is 0 Å². The van der Waals surface area contributed by atoms with E-state index in [9.17, 15) is 19.2 Å². The zero-order valence-electron chi connectivity index (χ0n) is 16.2. The SMILES string of the molecule is CC(=O)N(O)C[C@@H]1CN(c2ccc(N3CCC4(CC3)OCCO4)c(F)c2)C(=O)O1. The molecule has 2 amide bonds. The first-order valence-electron chi connectivity index (χ1n) is 9.64. The number of anilines is 2. The third-order valence-corrected chi connectivity index (χ3v) is 5.54. The monoisotopic (exact) mass is 409 g/mol. The Morgan fingerprint density at radius 1 is 1.31 bits per heavy atom. The maximum absolute atomic E-state index is 14.8. The Balaban J connectivity index is 1.41. The lowest BCUT2D eigenvalue weighted by Crippen LogP contribution is -2.45. The number of rotatable bonds is 4. The molecule has 4 rings (SSSR count). The highest BCUT2D eigenvalue weighted by atomic mass is 19.1.